The molecule has 2 heterocycles. The van der Waals surface area contributed by atoms with Crippen LogP contribution in [0.2, 0.25) is 0 Å². The van der Waals surface area contributed by atoms with Crippen molar-refractivity contribution >= 4 is 21.8 Å². The van der Waals surface area contributed by atoms with Gasteiger partial charge in [-0.05, 0) is 43.2 Å². The second-order valence-electron chi connectivity index (χ2n) is 6.99. The third-order valence-electron chi connectivity index (χ3n) is 4.76. The van der Waals surface area contributed by atoms with Crippen LogP contribution in [0.1, 0.15) is 31.0 Å². The predicted molar refractivity (Wildman–Crippen MR) is 106 cm³/mol. The lowest BCUT2D eigenvalue weighted by Gasteiger charge is -2.17. The molecule has 4 rings (SSSR count). The average molecular weight is 344 g/mol. The Balaban J connectivity index is 2.22. The van der Waals surface area contributed by atoms with Crippen molar-refractivity contribution < 1.29 is 0 Å². The van der Waals surface area contributed by atoms with Gasteiger partial charge < -0.3 is 4.98 Å². The average Bonchev–Trinajstić information content (AvgIpc) is 2.62. The van der Waals surface area contributed by atoms with E-state index in [0.29, 0.717) is 10.9 Å². The smallest absolute Gasteiger partial charge is 0.268 e. The summed E-state index contributed by atoms with van der Waals surface area (Å²) in [5, 5.41) is 0.753. The summed E-state index contributed by atoms with van der Waals surface area (Å²) in [4.78, 5) is 29.7. The van der Waals surface area contributed by atoms with Gasteiger partial charge in [0.05, 0.1) is 5.52 Å². The highest BCUT2D eigenvalue weighted by Crippen LogP contribution is 2.22. The molecule has 0 aliphatic heterocycles. The van der Waals surface area contributed by atoms with Gasteiger partial charge in [-0.1, -0.05) is 43.7 Å². The third kappa shape index (κ3) is 2.46. The van der Waals surface area contributed by atoms with E-state index in [0.717, 1.165) is 22.5 Å². The fraction of sp³-hybridized carbons (Fsp3) is 0.182. The van der Waals surface area contributed by atoms with E-state index in [1.54, 1.807) is 4.57 Å². The van der Waals surface area contributed by atoms with E-state index in [-0.39, 0.29) is 22.3 Å². The van der Waals surface area contributed by atoms with Crippen molar-refractivity contribution in [1.82, 2.24) is 9.55 Å². The molecule has 2 aromatic carbocycles. The number of hydrogen-bond donors (Lipinski definition) is 1. The standard InChI is InChI=1S/C22H20N2O2/c1-13(2)19-12-18-20(22(26)24(19)15-7-5-4-6-8-15)21(25)16-11-14(3)9-10-17(16)23-18/h4-13H,1-3H3,(H,23,25). The van der Waals surface area contributed by atoms with Gasteiger partial charge >= 0.3 is 0 Å². The highest BCUT2D eigenvalue weighted by atomic mass is 16.1. The van der Waals surface area contributed by atoms with Crippen molar-refractivity contribution in [2.45, 2.75) is 26.7 Å². The number of nitrogens with zero attached hydrogens (tertiary/aromatic N) is 1. The second kappa shape index (κ2) is 5.99. The molecule has 130 valence electrons. The zero-order valence-electron chi connectivity index (χ0n) is 15.0. The molecule has 0 aliphatic carbocycles. The maximum absolute atomic E-state index is 13.3. The van der Waals surface area contributed by atoms with Crippen LogP contribution in [0.3, 0.4) is 0 Å². The summed E-state index contributed by atoms with van der Waals surface area (Å²) in [6.45, 7) is 6.03. The number of nitrogens with one attached hydrogen (secondary N) is 1. The van der Waals surface area contributed by atoms with Gasteiger partial charge in [0.25, 0.3) is 5.56 Å². The van der Waals surface area contributed by atoms with Crippen LogP contribution in [0.25, 0.3) is 27.5 Å². The molecule has 0 atom stereocenters. The van der Waals surface area contributed by atoms with E-state index in [4.69, 9.17) is 0 Å². The molecule has 0 radical (unpaired) electrons. The second-order valence-corrected chi connectivity index (χ2v) is 6.99. The summed E-state index contributed by atoms with van der Waals surface area (Å²) in [5.74, 6) is 0.129. The Morgan fingerprint density at radius 2 is 1.65 bits per heavy atom. The number of aromatic amines is 1. The molecule has 1 N–H and O–H groups in total. The van der Waals surface area contributed by atoms with E-state index in [1.807, 2.05) is 75.4 Å². The Morgan fingerprint density at radius 1 is 0.923 bits per heavy atom. The number of para-hydroxylation sites is 1. The van der Waals surface area contributed by atoms with Crippen LogP contribution in [0, 0.1) is 6.92 Å². The number of aromatic nitrogens is 2. The number of pyridine rings is 2. The van der Waals surface area contributed by atoms with Crippen LogP contribution in [0.5, 0.6) is 0 Å². The van der Waals surface area contributed by atoms with Crippen molar-refractivity contribution in [2.24, 2.45) is 0 Å². The molecular formula is C22H20N2O2. The van der Waals surface area contributed by atoms with Crippen LogP contribution < -0.4 is 11.0 Å². The number of rotatable bonds is 2. The van der Waals surface area contributed by atoms with Crippen LogP contribution in [-0.4, -0.2) is 9.55 Å². The maximum atomic E-state index is 13.3. The lowest BCUT2D eigenvalue weighted by molar-refractivity contribution is 0.764. The molecule has 0 saturated heterocycles. The molecule has 4 nitrogen and oxygen atoms in total. The number of fused-ring (bicyclic) bond motifs is 2. The van der Waals surface area contributed by atoms with Gasteiger partial charge in [0.2, 0.25) is 5.43 Å². The van der Waals surface area contributed by atoms with Gasteiger partial charge in [0.1, 0.15) is 5.39 Å². The molecule has 4 aromatic rings. The van der Waals surface area contributed by atoms with Gasteiger partial charge in [-0.15, -0.1) is 0 Å². The monoisotopic (exact) mass is 344 g/mol. The normalized spacial score (nSPS) is 11.5. The van der Waals surface area contributed by atoms with E-state index in [9.17, 15) is 9.59 Å². The summed E-state index contributed by atoms with van der Waals surface area (Å²) in [6.07, 6.45) is 0. The number of H-pyrrole nitrogens is 1. The Labute approximate surface area is 150 Å². The first-order valence-electron chi connectivity index (χ1n) is 8.75. The minimum Gasteiger partial charge on any atom is -0.354 e. The Morgan fingerprint density at radius 3 is 2.35 bits per heavy atom. The molecule has 0 unspecified atom stereocenters. The molecule has 2 aromatic heterocycles. The zero-order valence-corrected chi connectivity index (χ0v) is 15.0. The molecule has 26 heavy (non-hydrogen) atoms. The Kier molecular flexibility index (Phi) is 3.76. The first-order chi connectivity index (χ1) is 12.5. The minimum atomic E-state index is -0.276. The van der Waals surface area contributed by atoms with Gasteiger partial charge in [0.15, 0.2) is 0 Å². The van der Waals surface area contributed by atoms with Gasteiger partial charge in [-0.25, -0.2) is 0 Å². The molecule has 0 saturated carbocycles. The molecule has 4 heteroatoms. The Bertz CT molecular complexity index is 1250. The number of aryl methyl sites for hydroxylation is 1. The fourth-order valence-corrected chi connectivity index (χ4v) is 3.45. The quantitative estimate of drug-likeness (QED) is 0.552. The topological polar surface area (TPSA) is 54.9 Å². The minimum absolute atomic E-state index is 0.129. The molecule has 0 amide bonds. The van der Waals surface area contributed by atoms with Crippen molar-refractivity contribution in [3.8, 4) is 5.69 Å². The molecular weight excluding hydrogens is 324 g/mol. The highest BCUT2D eigenvalue weighted by molar-refractivity contribution is 5.92. The predicted octanol–water partition coefficient (Wildman–Crippen LogP) is 4.26. The van der Waals surface area contributed by atoms with E-state index < -0.39 is 0 Å². The van der Waals surface area contributed by atoms with Crippen LogP contribution in [0.15, 0.2) is 64.2 Å². The van der Waals surface area contributed by atoms with Crippen LogP contribution in [0.4, 0.5) is 0 Å². The number of benzene rings is 2. The van der Waals surface area contributed by atoms with Crippen LogP contribution >= 0.6 is 0 Å². The van der Waals surface area contributed by atoms with Crippen molar-refractivity contribution in [3.05, 3.63) is 86.4 Å². The largest absolute Gasteiger partial charge is 0.354 e. The number of hydrogen-bond acceptors (Lipinski definition) is 2. The van der Waals surface area contributed by atoms with Crippen LogP contribution in [-0.2, 0) is 0 Å². The lowest BCUT2D eigenvalue weighted by atomic mass is 10.0. The van der Waals surface area contributed by atoms with Gasteiger partial charge in [0, 0.05) is 22.3 Å². The first-order valence-corrected chi connectivity index (χ1v) is 8.75. The van der Waals surface area contributed by atoms with E-state index >= 15 is 0 Å². The SMILES string of the molecule is Cc1ccc2[nH]c3cc(C(C)C)n(-c4ccccc4)c(=O)c3c(=O)c2c1. The van der Waals surface area contributed by atoms with Crippen molar-refractivity contribution in [2.75, 3.05) is 0 Å². The van der Waals surface area contributed by atoms with Gasteiger partial charge in [-0.3, -0.25) is 14.2 Å². The van der Waals surface area contributed by atoms with Gasteiger partial charge in [-0.2, -0.15) is 0 Å². The summed E-state index contributed by atoms with van der Waals surface area (Å²) in [6, 6.07) is 17.1. The molecule has 0 spiro atoms. The molecule has 0 fully saturated rings. The Hall–Kier alpha value is -3.14. The maximum Gasteiger partial charge on any atom is 0.268 e. The molecule has 0 aliphatic rings. The lowest BCUT2D eigenvalue weighted by Crippen LogP contribution is -2.27. The summed E-state index contributed by atoms with van der Waals surface area (Å²) in [5.41, 5.74) is 3.48. The zero-order chi connectivity index (χ0) is 18.4. The third-order valence-corrected chi connectivity index (χ3v) is 4.76. The van der Waals surface area contributed by atoms with Crippen molar-refractivity contribution in [3.63, 3.8) is 0 Å². The molecule has 0 bridgehead atoms. The first kappa shape index (κ1) is 16.3. The highest BCUT2D eigenvalue weighted by Gasteiger charge is 2.17. The summed E-state index contributed by atoms with van der Waals surface area (Å²) in [7, 11) is 0. The van der Waals surface area contributed by atoms with E-state index in [2.05, 4.69) is 4.98 Å². The van der Waals surface area contributed by atoms with E-state index in [1.165, 1.54) is 0 Å². The summed E-state index contributed by atoms with van der Waals surface area (Å²) < 4.78 is 1.66. The van der Waals surface area contributed by atoms with Crippen molar-refractivity contribution in [1.29, 1.82) is 0 Å². The summed E-state index contributed by atoms with van der Waals surface area (Å²) >= 11 is 0. The fourth-order valence-electron chi connectivity index (χ4n) is 3.45.